The lowest BCUT2D eigenvalue weighted by molar-refractivity contribution is 0.573. The quantitative estimate of drug-likeness (QED) is 0.901. The first kappa shape index (κ1) is 12.9. The Balaban J connectivity index is 1.60. The van der Waals surface area contributed by atoms with Gasteiger partial charge in [-0.05, 0) is 50.4 Å². The standard InChI is InChI=1S/C15H24N4/c1-19(11-12-8-9-16-10-12)15-7-6-14(17-18-15)13-4-2-3-5-13/h6-7,12-13,16H,2-5,8-11H2,1H3. The smallest absolute Gasteiger partial charge is 0.150 e. The fourth-order valence-electron chi connectivity index (χ4n) is 3.33. The van der Waals surface area contributed by atoms with Gasteiger partial charge in [0.25, 0.3) is 0 Å². The summed E-state index contributed by atoms with van der Waals surface area (Å²) in [6, 6.07) is 4.32. The van der Waals surface area contributed by atoms with Crippen LogP contribution in [-0.2, 0) is 0 Å². The molecule has 4 heteroatoms. The summed E-state index contributed by atoms with van der Waals surface area (Å²) >= 11 is 0. The van der Waals surface area contributed by atoms with Crippen molar-refractivity contribution in [1.29, 1.82) is 0 Å². The van der Waals surface area contributed by atoms with E-state index in [0.717, 1.165) is 31.4 Å². The van der Waals surface area contributed by atoms with Crippen molar-refractivity contribution >= 4 is 5.82 Å². The molecule has 0 radical (unpaired) electrons. The Morgan fingerprint density at radius 3 is 2.68 bits per heavy atom. The molecule has 0 bridgehead atoms. The molecule has 2 fully saturated rings. The predicted molar refractivity (Wildman–Crippen MR) is 77.5 cm³/mol. The fraction of sp³-hybridized carbons (Fsp3) is 0.733. The molecule has 0 aromatic carbocycles. The lowest BCUT2D eigenvalue weighted by Gasteiger charge is -2.21. The van der Waals surface area contributed by atoms with Gasteiger partial charge in [-0.3, -0.25) is 0 Å². The van der Waals surface area contributed by atoms with Crippen molar-refractivity contribution in [3.05, 3.63) is 17.8 Å². The fourth-order valence-corrected chi connectivity index (χ4v) is 3.33. The van der Waals surface area contributed by atoms with Crippen molar-refractivity contribution < 1.29 is 0 Å². The van der Waals surface area contributed by atoms with Crippen molar-refractivity contribution in [2.45, 2.75) is 38.0 Å². The molecule has 2 aliphatic rings. The van der Waals surface area contributed by atoms with Crippen molar-refractivity contribution in [1.82, 2.24) is 15.5 Å². The van der Waals surface area contributed by atoms with E-state index in [1.165, 1.54) is 37.8 Å². The number of rotatable bonds is 4. The van der Waals surface area contributed by atoms with Crippen LogP contribution in [0.15, 0.2) is 12.1 Å². The molecule has 104 valence electrons. The minimum absolute atomic E-state index is 0.658. The van der Waals surface area contributed by atoms with E-state index in [-0.39, 0.29) is 0 Å². The Morgan fingerprint density at radius 1 is 1.21 bits per heavy atom. The van der Waals surface area contributed by atoms with Crippen LogP contribution in [0.5, 0.6) is 0 Å². The average Bonchev–Trinajstić information content (AvgIpc) is 3.12. The summed E-state index contributed by atoms with van der Waals surface area (Å²) in [5, 5.41) is 12.3. The number of nitrogens with one attached hydrogen (secondary N) is 1. The second-order valence-electron chi connectivity index (χ2n) is 6.04. The molecule has 0 spiro atoms. The normalized spacial score (nSPS) is 23.9. The maximum Gasteiger partial charge on any atom is 0.150 e. The number of anilines is 1. The van der Waals surface area contributed by atoms with Crippen molar-refractivity contribution in [3.63, 3.8) is 0 Å². The lowest BCUT2D eigenvalue weighted by Crippen LogP contribution is -2.27. The highest BCUT2D eigenvalue weighted by Gasteiger charge is 2.20. The Kier molecular flexibility index (Phi) is 3.97. The van der Waals surface area contributed by atoms with Gasteiger partial charge in [0.1, 0.15) is 0 Å². The van der Waals surface area contributed by atoms with Crippen LogP contribution < -0.4 is 10.2 Å². The molecular weight excluding hydrogens is 236 g/mol. The Hall–Kier alpha value is -1.16. The number of aromatic nitrogens is 2. The summed E-state index contributed by atoms with van der Waals surface area (Å²) in [6.45, 7) is 3.37. The van der Waals surface area contributed by atoms with Crippen LogP contribution in [0.1, 0.15) is 43.7 Å². The molecule has 4 nitrogen and oxygen atoms in total. The maximum absolute atomic E-state index is 4.45. The minimum atomic E-state index is 0.658. The van der Waals surface area contributed by atoms with Gasteiger partial charge >= 0.3 is 0 Å². The van der Waals surface area contributed by atoms with E-state index >= 15 is 0 Å². The Morgan fingerprint density at radius 2 is 2.05 bits per heavy atom. The zero-order valence-electron chi connectivity index (χ0n) is 11.8. The van der Waals surface area contributed by atoms with Gasteiger partial charge in [-0.25, -0.2) is 0 Å². The van der Waals surface area contributed by atoms with Gasteiger partial charge in [0.15, 0.2) is 5.82 Å². The third-order valence-corrected chi connectivity index (χ3v) is 4.53. The van der Waals surface area contributed by atoms with Gasteiger partial charge < -0.3 is 10.2 Å². The van der Waals surface area contributed by atoms with Crippen LogP contribution in [0, 0.1) is 5.92 Å². The van der Waals surface area contributed by atoms with E-state index in [4.69, 9.17) is 0 Å². The zero-order valence-corrected chi connectivity index (χ0v) is 11.8. The van der Waals surface area contributed by atoms with Crippen LogP contribution in [0.25, 0.3) is 0 Å². The summed E-state index contributed by atoms with van der Waals surface area (Å²) < 4.78 is 0. The van der Waals surface area contributed by atoms with E-state index in [0.29, 0.717) is 5.92 Å². The molecule has 3 rings (SSSR count). The van der Waals surface area contributed by atoms with Gasteiger partial charge in [-0.2, -0.15) is 5.10 Å². The third-order valence-electron chi connectivity index (χ3n) is 4.53. The zero-order chi connectivity index (χ0) is 13.1. The molecule has 0 amide bonds. The molecule has 1 unspecified atom stereocenters. The first-order chi connectivity index (χ1) is 9.33. The first-order valence-electron chi connectivity index (χ1n) is 7.58. The van der Waals surface area contributed by atoms with Gasteiger partial charge in [0, 0.05) is 19.5 Å². The van der Waals surface area contributed by atoms with Crippen LogP contribution in [-0.4, -0.2) is 36.9 Å². The molecule has 1 aromatic rings. The second kappa shape index (κ2) is 5.87. The highest BCUT2D eigenvalue weighted by Crippen LogP contribution is 2.32. The van der Waals surface area contributed by atoms with Gasteiger partial charge in [0.05, 0.1) is 5.69 Å². The Bertz CT molecular complexity index is 391. The predicted octanol–water partition coefficient (Wildman–Crippen LogP) is 2.18. The largest absolute Gasteiger partial charge is 0.358 e. The number of nitrogens with zero attached hydrogens (tertiary/aromatic N) is 3. The molecule has 1 saturated carbocycles. The second-order valence-corrected chi connectivity index (χ2v) is 6.04. The summed E-state index contributed by atoms with van der Waals surface area (Å²) in [5.41, 5.74) is 1.19. The van der Waals surface area contributed by atoms with Crippen LogP contribution in [0.3, 0.4) is 0 Å². The van der Waals surface area contributed by atoms with E-state index in [1.807, 2.05) is 0 Å². The highest BCUT2D eigenvalue weighted by atomic mass is 15.2. The van der Waals surface area contributed by atoms with Gasteiger partial charge in [-0.15, -0.1) is 5.10 Å². The van der Waals surface area contributed by atoms with Gasteiger partial charge in [0.2, 0.25) is 0 Å². The number of hydrogen-bond acceptors (Lipinski definition) is 4. The summed E-state index contributed by atoms with van der Waals surface area (Å²) in [5.74, 6) is 2.42. The molecule has 1 N–H and O–H groups in total. The molecule has 1 aliphatic heterocycles. The molecular formula is C15H24N4. The third kappa shape index (κ3) is 3.06. The highest BCUT2D eigenvalue weighted by molar-refractivity contribution is 5.36. The lowest BCUT2D eigenvalue weighted by atomic mass is 10.0. The molecule has 1 atom stereocenters. The van der Waals surface area contributed by atoms with E-state index in [9.17, 15) is 0 Å². The van der Waals surface area contributed by atoms with Crippen LogP contribution in [0.2, 0.25) is 0 Å². The molecule has 1 aromatic heterocycles. The maximum atomic E-state index is 4.45. The SMILES string of the molecule is CN(CC1CCNC1)c1ccc(C2CCCC2)nn1. The molecule has 19 heavy (non-hydrogen) atoms. The summed E-state index contributed by atoms with van der Waals surface area (Å²) in [4.78, 5) is 2.24. The first-order valence-corrected chi connectivity index (χ1v) is 7.58. The van der Waals surface area contributed by atoms with E-state index < -0.39 is 0 Å². The van der Waals surface area contributed by atoms with E-state index in [2.05, 4.69) is 39.6 Å². The van der Waals surface area contributed by atoms with Crippen molar-refractivity contribution in [2.24, 2.45) is 5.92 Å². The van der Waals surface area contributed by atoms with E-state index in [1.54, 1.807) is 0 Å². The summed E-state index contributed by atoms with van der Waals surface area (Å²) in [7, 11) is 2.12. The van der Waals surface area contributed by atoms with Crippen LogP contribution in [0.4, 0.5) is 5.82 Å². The minimum Gasteiger partial charge on any atom is -0.358 e. The molecule has 2 heterocycles. The van der Waals surface area contributed by atoms with Gasteiger partial charge in [-0.1, -0.05) is 12.8 Å². The van der Waals surface area contributed by atoms with Crippen molar-refractivity contribution in [2.75, 3.05) is 31.6 Å². The topological polar surface area (TPSA) is 41.0 Å². The monoisotopic (exact) mass is 260 g/mol. The Labute approximate surface area is 115 Å². The molecule has 1 saturated heterocycles. The summed E-state index contributed by atoms with van der Waals surface area (Å²) in [6.07, 6.45) is 6.55. The van der Waals surface area contributed by atoms with Crippen molar-refractivity contribution in [3.8, 4) is 0 Å². The number of hydrogen-bond donors (Lipinski definition) is 1. The van der Waals surface area contributed by atoms with Crippen LogP contribution >= 0.6 is 0 Å². The molecule has 1 aliphatic carbocycles. The average molecular weight is 260 g/mol.